The number of carbonyl (C=O) groups excluding carboxylic acids is 13. The number of hydrogen-bond acceptors (Lipinski definition) is 17. The number of primary amides is 3. The van der Waals surface area contributed by atoms with Gasteiger partial charge in [0.25, 0.3) is 29.6 Å². The van der Waals surface area contributed by atoms with Crippen molar-refractivity contribution in [2.24, 2.45) is 22.3 Å². The molecule has 0 spiro atoms. The van der Waals surface area contributed by atoms with Crippen molar-refractivity contribution in [3.05, 3.63) is 198 Å². The SMILES string of the molecule is Cl.FC1(F)CCCNC1.NC(=O)c1nn(CC(=O)N(CC(=O)NCc2cccc(Cl)c2F)C2CC2)c2cc(NC(=O)N3CCCC(F)(F)C3)ccc12.NC(=O)c1nn(CC(=O)N(CC(=O)NCc2cccc(Cl)c2F)C2CC2)c2ccccc12.O=C=O.[N-]=[N+]=NC(=O)c1ccc2c(C(N)=O)nn(CC(=O)N(CC(=O)NCc3cccc(Cl)c3F)C3CC3)c2c1. The number of piperidine rings is 2. The Morgan fingerprint density at radius 1 is 0.532 bits per heavy atom. The van der Waals surface area contributed by atoms with Crippen molar-refractivity contribution in [2.75, 3.05) is 51.1 Å². The van der Waals surface area contributed by atoms with Crippen LogP contribution in [0.15, 0.2) is 120 Å². The molecular formula is C79H80Cl4F7N21O13. The van der Waals surface area contributed by atoms with Gasteiger partial charge in [0.15, 0.2) is 17.1 Å². The molecule has 5 aliphatic rings. The van der Waals surface area contributed by atoms with Gasteiger partial charge in [0.1, 0.15) is 37.1 Å². The summed E-state index contributed by atoms with van der Waals surface area (Å²) in [5, 5.41) is 29.7. The maximum atomic E-state index is 14.2. The Morgan fingerprint density at radius 2 is 0.919 bits per heavy atom. The Kier molecular flexibility index (Phi) is 32.8. The van der Waals surface area contributed by atoms with Crippen LogP contribution >= 0.6 is 47.2 Å². The van der Waals surface area contributed by atoms with Crippen molar-refractivity contribution in [3.63, 3.8) is 0 Å². The molecule has 3 saturated carbocycles. The lowest BCUT2D eigenvalue weighted by atomic mass is 10.1. The lowest BCUT2D eigenvalue weighted by Gasteiger charge is -2.32. The van der Waals surface area contributed by atoms with E-state index in [-0.39, 0.29) is 199 Å². The van der Waals surface area contributed by atoms with Crippen LogP contribution < -0.4 is 43.8 Å². The zero-order chi connectivity index (χ0) is 89.1. The van der Waals surface area contributed by atoms with Gasteiger partial charge >= 0.3 is 12.2 Å². The van der Waals surface area contributed by atoms with Gasteiger partial charge in [0.05, 0.1) is 64.3 Å². The molecule has 656 valence electrons. The molecule has 3 aliphatic carbocycles. The average molecular weight is 1810 g/mol. The Hall–Kier alpha value is -12.8. The molecule has 0 radical (unpaired) electrons. The zero-order valence-corrected chi connectivity index (χ0v) is 68.6. The molecule has 0 atom stereocenters. The number of nitrogens with zero attached hydrogens (tertiary/aromatic N) is 13. The third-order valence-corrected chi connectivity index (χ3v) is 20.6. The number of likely N-dealkylation sites (tertiary alicyclic amines) is 1. The minimum atomic E-state index is -2.97. The number of alkyl halides is 4. The Bertz CT molecular complexity index is 5630. The number of hydrogen-bond donors (Lipinski definition) is 8. The summed E-state index contributed by atoms with van der Waals surface area (Å²) in [6.45, 7) is -1.72. The standard InChI is InChI=1S/C28H29ClF3N7O4.C23H20ClFN8O4.C22H21ClFN5O3.C5H9F2N.CO2.ClH/c29-20-4-1-3-16(24(20)30)12-34-22(40)13-38(18-6-7-18)23(41)14-39-21-11-17(5-8-19(21)25(36-39)26(33)42)35-27(43)37-10-2-9-28(31,32)15-37;24-16-3-1-2-13(20(16)25)9-28-18(34)10-32(14-5-6-14)19(35)11-33-17-8-12(23(37)29-31-27)4-7-15(17)21(30-33)22(26)36;23-16-6-3-4-13(20(16)24)10-26-18(30)11-28(14-8-9-14)19(31)12-29-17-7-2-1-5-15(17)21(27-29)22(25)32;6-5(7)2-1-3-8-4-5;2-1-3;/h1,3-5,8,11,18H,2,6-7,9-10,12-15H2,(H2,33,42)(H,34,40)(H,35,43);1-4,7-8,14H,5-6,9-11H2,(H2,26,36)(H,28,34);1-7,14H,8-12H2,(H2,25,32)(H,26,30);8H,1-4H2;;1H. The minimum absolute atomic E-state index is 0. The third kappa shape index (κ3) is 25.7. The fourth-order valence-electron chi connectivity index (χ4n) is 13.2. The van der Waals surface area contributed by atoms with Crippen LogP contribution in [0.3, 0.4) is 0 Å². The number of anilines is 1. The molecule has 2 aliphatic heterocycles. The highest BCUT2D eigenvalue weighted by molar-refractivity contribution is 6.31. The molecule has 0 unspecified atom stereocenters. The van der Waals surface area contributed by atoms with Crippen LogP contribution in [0.4, 0.5) is 41.2 Å². The van der Waals surface area contributed by atoms with Crippen molar-refractivity contribution in [1.82, 2.24) is 70.2 Å². The highest BCUT2D eigenvalue weighted by Crippen LogP contribution is 2.34. The topological polar surface area (TPSA) is 475 Å². The zero-order valence-electron chi connectivity index (χ0n) is 65.5. The highest BCUT2D eigenvalue weighted by atomic mass is 35.5. The van der Waals surface area contributed by atoms with Gasteiger partial charge in [-0.25, -0.2) is 35.5 Å². The Morgan fingerprint density at radius 3 is 1.29 bits per heavy atom. The van der Waals surface area contributed by atoms with E-state index in [1.165, 1.54) is 102 Å². The molecule has 2 saturated heterocycles. The second-order valence-corrected chi connectivity index (χ2v) is 30.1. The largest absolute Gasteiger partial charge is 0.373 e. The summed E-state index contributed by atoms with van der Waals surface area (Å²) in [6.07, 6.45) is 5.20. The molecule has 14 rings (SSSR count). The lowest BCUT2D eigenvalue weighted by Crippen LogP contribution is -2.47. The average Bonchev–Trinajstić information content (AvgIpc) is 1.63. The molecule has 5 heterocycles. The normalized spacial score (nSPS) is 14.6. The number of urea groups is 1. The molecule has 9 aromatic rings. The van der Waals surface area contributed by atoms with E-state index in [1.807, 2.05) is 0 Å². The fourth-order valence-corrected chi connectivity index (χ4v) is 13.8. The van der Waals surface area contributed by atoms with Gasteiger partial charge in [-0.1, -0.05) is 95.5 Å². The van der Waals surface area contributed by atoms with Crippen LogP contribution in [0.5, 0.6) is 0 Å². The molecule has 124 heavy (non-hydrogen) atoms. The molecule has 6 aromatic carbocycles. The monoisotopic (exact) mass is 1800 g/mol. The van der Waals surface area contributed by atoms with Crippen molar-refractivity contribution >= 4 is 157 Å². The van der Waals surface area contributed by atoms with Gasteiger partial charge in [-0.15, -0.1) is 12.4 Å². The molecule has 12 amide bonds. The highest BCUT2D eigenvalue weighted by Gasteiger charge is 2.40. The van der Waals surface area contributed by atoms with Gasteiger partial charge in [0.2, 0.25) is 41.4 Å². The number of nitrogens with one attached hydrogen (secondary N) is 5. The second kappa shape index (κ2) is 42.8. The first-order valence-corrected chi connectivity index (χ1v) is 39.2. The Labute approximate surface area is 720 Å². The third-order valence-electron chi connectivity index (χ3n) is 19.7. The van der Waals surface area contributed by atoms with E-state index in [0.717, 1.165) is 24.3 Å². The van der Waals surface area contributed by atoms with E-state index < -0.39 is 95.0 Å². The molecule has 5 fully saturated rings. The smallest absolute Gasteiger partial charge is 0.364 e. The summed E-state index contributed by atoms with van der Waals surface area (Å²) in [5.41, 5.74) is 26.8. The maximum Gasteiger partial charge on any atom is 0.373 e. The summed E-state index contributed by atoms with van der Waals surface area (Å²) in [5.74, 6) is -13.1. The Balaban J connectivity index is 0.000000199. The molecule has 11 N–H and O–H groups in total. The van der Waals surface area contributed by atoms with Gasteiger partial charge in [-0.2, -0.15) is 24.9 Å². The molecule has 0 bridgehead atoms. The summed E-state index contributed by atoms with van der Waals surface area (Å²) >= 11 is 17.3. The molecule has 3 aromatic heterocycles. The van der Waals surface area contributed by atoms with Gasteiger partial charge < -0.3 is 63.4 Å². The number of benzene rings is 6. The molecular weight excluding hydrogens is 1730 g/mol. The molecule has 34 nitrogen and oxygen atoms in total. The van der Waals surface area contributed by atoms with Crippen molar-refractivity contribution in [2.45, 2.75) is 133 Å². The number of azide groups is 1. The van der Waals surface area contributed by atoms with Gasteiger partial charge in [0, 0.05) is 106 Å². The van der Waals surface area contributed by atoms with Crippen LogP contribution in [-0.2, 0) is 77.6 Å². The quantitative estimate of drug-likeness (QED) is 0.0108. The van der Waals surface area contributed by atoms with E-state index >= 15 is 0 Å². The minimum Gasteiger partial charge on any atom is -0.364 e. The number of fused-ring (bicyclic) bond motifs is 3. The van der Waals surface area contributed by atoms with E-state index in [0.29, 0.717) is 59.3 Å². The predicted octanol–water partition coefficient (Wildman–Crippen LogP) is 9.26. The van der Waals surface area contributed by atoms with E-state index in [2.05, 4.69) is 51.9 Å². The van der Waals surface area contributed by atoms with Gasteiger partial charge in [-0.3, -0.25) is 62.0 Å². The van der Waals surface area contributed by atoms with Crippen LogP contribution in [0.1, 0.15) is 123 Å². The van der Waals surface area contributed by atoms with Crippen molar-refractivity contribution in [1.29, 1.82) is 0 Å². The van der Waals surface area contributed by atoms with Crippen LogP contribution in [0, 0.1) is 17.5 Å². The molecule has 45 heteroatoms. The first-order chi connectivity index (χ1) is 58.6. The first kappa shape index (κ1) is 95.1. The summed E-state index contributed by atoms with van der Waals surface area (Å²) in [7, 11) is 0. The van der Waals surface area contributed by atoms with Crippen LogP contribution in [-0.4, -0.2) is 196 Å². The van der Waals surface area contributed by atoms with Crippen LogP contribution in [0.25, 0.3) is 43.2 Å². The number of amides is 12. The number of carbonyl (C=O) groups is 11. The van der Waals surface area contributed by atoms with E-state index in [9.17, 15) is 83.5 Å². The maximum absolute atomic E-state index is 14.2. The van der Waals surface area contributed by atoms with E-state index in [1.54, 1.807) is 42.5 Å². The summed E-state index contributed by atoms with van der Waals surface area (Å²) in [4.78, 5) is 162. The lowest BCUT2D eigenvalue weighted by molar-refractivity contribution is -0.192. The van der Waals surface area contributed by atoms with Gasteiger partial charge in [-0.05, 0) is 123 Å². The van der Waals surface area contributed by atoms with Crippen molar-refractivity contribution < 1.29 is 93.1 Å². The number of para-hydroxylation sites is 1. The van der Waals surface area contributed by atoms with Crippen LogP contribution in [0.2, 0.25) is 15.1 Å². The second-order valence-electron chi connectivity index (χ2n) is 28.8. The van der Waals surface area contributed by atoms with Crippen molar-refractivity contribution in [3.8, 4) is 0 Å². The number of rotatable bonds is 26. The number of halogens is 11. The number of aromatic nitrogens is 6. The van der Waals surface area contributed by atoms with E-state index in [4.69, 9.17) is 67.1 Å². The predicted molar refractivity (Wildman–Crippen MR) is 436 cm³/mol. The fraction of sp³-hybridized carbons (Fsp3) is 0.354. The summed E-state index contributed by atoms with van der Waals surface area (Å²) < 4.78 is 98.1. The summed E-state index contributed by atoms with van der Waals surface area (Å²) in [6, 6.07) is 27.9. The first-order valence-electron chi connectivity index (χ1n) is 38.0. The number of nitrogens with two attached hydrogens (primary N) is 3.